The van der Waals surface area contributed by atoms with Gasteiger partial charge in [-0.2, -0.15) is 0 Å². The number of hydrogen-bond donors (Lipinski definition) is 1. The van der Waals surface area contributed by atoms with Gasteiger partial charge in [0.15, 0.2) is 0 Å². The molecule has 0 aromatic rings. The van der Waals surface area contributed by atoms with Crippen molar-refractivity contribution in [3.63, 3.8) is 0 Å². The highest BCUT2D eigenvalue weighted by Crippen LogP contribution is 2.41. The minimum atomic E-state index is 0.0490. The molecule has 3 aliphatic rings. The second-order valence-corrected chi connectivity index (χ2v) is 9.63. The average molecular weight is 408 g/mol. The summed E-state index contributed by atoms with van der Waals surface area (Å²) in [5.74, 6) is 0.761. The molecule has 0 aromatic carbocycles. The highest BCUT2D eigenvalue weighted by molar-refractivity contribution is 14.1. The topological polar surface area (TPSA) is 46.3 Å². The van der Waals surface area contributed by atoms with Crippen LogP contribution in [-0.4, -0.2) is 37.9 Å². The molecule has 2 aliphatic carbocycles. The maximum absolute atomic E-state index is 12.6. The Labute approximate surface area is 139 Å². The molecule has 2 saturated carbocycles. The van der Waals surface area contributed by atoms with Crippen molar-refractivity contribution in [2.75, 3.05) is 6.54 Å². The van der Waals surface area contributed by atoms with E-state index < -0.39 is 0 Å². The SMILES string of the molecule is NC1SC2CCCCC2N1CC(=O)C1CCC(I)CC1. The van der Waals surface area contributed by atoms with Crippen LogP contribution in [0.1, 0.15) is 51.4 Å². The standard InChI is InChI=1S/C15H25IN2OS/c16-11-7-5-10(6-8-11)13(19)9-18-12-3-1-2-4-14(12)20-15(18)17/h10-12,14-15H,1-9,17H2. The Morgan fingerprint density at radius 3 is 2.60 bits per heavy atom. The van der Waals surface area contributed by atoms with Gasteiger partial charge in [-0.3, -0.25) is 9.69 Å². The number of hydrogen-bond acceptors (Lipinski definition) is 4. The first-order chi connectivity index (χ1) is 9.65. The molecule has 0 amide bonds. The molecule has 5 heteroatoms. The maximum atomic E-state index is 12.6. The number of rotatable bonds is 3. The molecule has 3 unspecified atom stereocenters. The highest BCUT2D eigenvalue weighted by Gasteiger charge is 2.42. The van der Waals surface area contributed by atoms with Gasteiger partial charge in [-0.25, -0.2) is 0 Å². The van der Waals surface area contributed by atoms with Gasteiger partial charge in [0.1, 0.15) is 11.3 Å². The van der Waals surface area contributed by atoms with Crippen LogP contribution >= 0.6 is 34.4 Å². The van der Waals surface area contributed by atoms with Crippen LogP contribution in [-0.2, 0) is 4.79 Å². The predicted octanol–water partition coefficient (Wildman–Crippen LogP) is 3.15. The van der Waals surface area contributed by atoms with Crippen LogP contribution in [0.25, 0.3) is 0 Å². The highest BCUT2D eigenvalue weighted by atomic mass is 127. The average Bonchev–Trinajstić information content (AvgIpc) is 2.76. The fraction of sp³-hybridized carbons (Fsp3) is 0.933. The molecule has 0 bridgehead atoms. The van der Waals surface area contributed by atoms with Gasteiger partial charge in [0.05, 0.1) is 6.54 Å². The summed E-state index contributed by atoms with van der Waals surface area (Å²) in [6.45, 7) is 0.603. The number of ketones is 1. The number of carbonyl (C=O) groups excluding carboxylic acids is 1. The molecular formula is C15H25IN2OS. The van der Waals surface area contributed by atoms with Gasteiger partial charge in [0, 0.05) is 21.1 Å². The van der Waals surface area contributed by atoms with Crippen LogP contribution < -0.4 is 5.73 Å². The Morgan fingerprint density at radius 2 is 1.85 bits per heavy atom. The smallest absolute Gasteiger partial charge is 0.150 e. The number of nitrogens with zero attached hydrogens (tertiary/aromatic N) is 1. The molecule has 2 N–H and O–H groups in total. The van der Waals surface area contributed by atoms with E-state index in [1.54, 1.807) is 0 Å². The summed E-state index contributed by atoms with van der Waals surface area (Å²) in [5, 5.41) is 0.677. The van der Waals surface area contributed by atoms with Crippen molar-refractivity contribution in [3.8, 4) is 0 Å². The van der Waals surface area contributed by atoms with Crippen LogP contribution in [0.2, 0.25) is 0 Å². The molecule has 20 heavy (non-hydrogen) atoms. The van der Waals surface area contributed by atoms with Crippen molar-refractivity contribution >= 4 is 40.1 Å². The zero-order valence-electron chi connectivity index (χ0n) is 12.0. The molecule has 1 saturated heterocycles. The molecule has 1 aliphatic heterocycles. The maximum Gasteiger partial charge on any atom is 0.150 e. The lowest BCUT2D eigenvalue weighted by Gasteiger charge is -2.33. The van der Waals surface area contributed by atoms with E-state index in [0.29, 0.717) is 29.5 Å². The van der Waals surface area contributed by atoms with Crippen LogP contribution in [0.15, 0.2) is 0 Å². The van der Waals surface area contributed by atoms with Gasteiger partial charge in [-0.1, -0.05) is 35.4 Å². The third-order valence-corrected chi connectivity index (χ3v) is 7.88. The molecule has 3 atom stereocenters. The molecule has 3 nitrogen and oxygen atoms in total. The lowest BCUT2D eigenvalue weighted by molar-refractivity contribution is -0.125. The summed E-state index contributed by atoms with van der Waals surface area (Å²) < 4.78 is 0.781. The number of alkyl halides is 1. The number of nitrogens with two attached hydrogens (primary N) is 1. The lowest BCUT2D eigenvalue weighted by atomic mass is 9.85. The fourth-order valence-corrected chi connectivity index (χ4v) is 6.19. The van der Waals surface area contributed by atoms with Gasteiger partial charge in [-0.15, -0.1) is 11.8 Å². The van der Waals surface area contributed by atoms with E-state index in [0.717, 1.165) is 16.8 Å². The zero-order valence-corrected chi connectivity index (χ0v) is 14.9. The molecule has 1 heterocycles. The molecule has 114 valence electrons. The Hall–Kier alpha value is 0.670. The van der Waals surface area contributed by atoms with Crippen LogP contribution in [0.4, 0.5) is 0 Å². The van der Waals surface area contributed by atoms with E-state index in [1.807, 2.05) is 11.8 Å². The third-order valence-electron chi connectivity index (χ3n) is 5.19. The number of fused-ring (bicyclic) bond motifs is 1. The summed E-state index contributed by atoms with van der Waals surface area (Å²) >= 11 is 4.42. The molecule has 0 spiro atoms. The lowest BCUT2D eigenvalue weighted by Crippen LogP contribution is -2.47. The first kappa shape index (κ1) is 15.6. The van der Waals surface area contributed by atoms with Crippen LogP contribution in [0.5, 0.6) is 0 Å². The molecular weight excluding hydrogens is 383 g/mol. The largest absolute Gasteiger partial charge is 0.307 e. The molecule has 3 fully saturated rings. The van der Waals surface area contributed by atoms with Crippen molar-refractivity contribution in [1.29, 1.82) is 0 Å². The summed E-state index contributed by atoms with van der Waals surface area (Å²) in [7, 11) is 0. The second kappa shape index (κ2) is 6.84. The zero-order chi connectivity index (χ0) is 14.1. The second-order valence-electron chi connectivity index (χ2n) is 6.50. The minimum absolute atomic E-state index is 0.0490. The molecule has 3 rings (SSSR count). The molecule has 0 aromatic heterocycles. The van der Waals surface area contributed by atoms with Gasteiger partial charge in [0.2, 0.25) is 0 Å². The van der Waals surface area contributed by atoms with E-state index in [9.17, 15) is 4.79 Å². The van der Waals surface area contributed by atoms with Gasteiger partial charge in [-0.05, 0) is 38.5 Å². The third kappa shape index (κ3) is 3.36. The first-order valence-electron chi connectivity index (χ1n) is 7.98. The van der Waals surface area contributed by atoms with Crippen molar-refractivity contribution < 1.29 is 4.79 Å². The Morgan fingerprint density at radius 1 is 1.15 bits per heavy atom. The van der Waals surface area contributed by atoms with Gasteiger partial charge >= 0.3 is 0 Å². The van der Waals surface area contributed by atoms with Crippen LogP contribution in [0.3, 0.4) is 0 Å². The number of Topliss-reactive ketones (excluding diaryl/α,β-unsaturated/α-hetero) is 1. The van der Waals surface area contributed by atoms with Crippen LogP contribution in [0, 0.1) is 5.92 Å². The van der Waals surface area contributed by atoms with E-state index in [4.69, 9.17) is 5.73 Å². The monoisotopic (exact) mass is 408 g/mol. The van der Waals surface area contributed by atoms with Crippen molar-refractivity contribution in [1.82, 2.24) is 4.90 Å². The Bertz CT molecular complexity index is 360. The first-order valence-corrected chi connectivity index (χ1v) is 10.2. The number of carbonyl (C=O) groups is 1. The predicted molar refractivity (Wildman–Crippen MR) is 93.1 cm³/mol. The summed E-state index contributed by atoms with van der Waals surface area (Å²) in [6, 6.07) is 0.564. The van der Waals surface area contributed by atoms with E-state index in [1.165, 1.54) is 38.5 Å². The summed E-state index contributed by atoms with van der Waals surface area (Å²) in [4.78, 5) is 14.9. The Kier molecular flexibility index (Phi) is 5.32. The van der Waals surface area contributed by atoms with Crippen molar-refractivity contribution in [2.24, 2.45) is 11.7 Å². The molecule has 0 radical (unpaired) electrons. The van der Waals surface area contributed by atoms with Gasteiger partial charge in [0.25, 0.3) is 0 Å². The number of halogens is 1. The van der Waals surface area contributed by atoms with Crippen molar-refractivity contribution in [2.45, 2.75) is 72.1 Å². The normalized spacial score (nSPS) is 42.4. The van der Waals surface area contributed by atoms with E-state index in [-0.39, 0.29) is 5.50 Å². The fourth-order valence-electron chi connectivity index (χ4n) is 3.95. The summed E-state index contributed by atoms with van der Waals surface area (Å²) in [5.41, 5.74) is 6.32. The van der Waals surface area contributed by atoms with E-state index >= 15 is 0 Å². The van der Waals surface area contributed by atoms with Gasteiger partial charge < -0.3 is 5.73 Å². The van der Waals surface area contributed by atoms with E-state index in [2.05, 4.69) is 27.5 Å². The number of thioether (sulfide) groups is 1. The quantitative estimate of drug-likeness (QED) is 0.576. The summed E-state index contributed by atoms with van der Waals surface area (Å²) in [6.07, 6.45) is 9.77. The minimum Gasteiger partial charge on any atom is -0.307 e. The van der Waals surface area contributed by atoms with Crippen molar-refractivity contribution in [3.05, 3.63) is 0 Å². The Balaban J connectivity index is 1.57.